The largest absolute Gasteiger partial charge is 2.00 e. The van der Waals surface area contributed by atoms with E-state index in [-0.39, 0.29) is 21.7 Å². The molecule has 0 N–H and O–H groups in total. The molecule has 1 saturated carbocycles. The molecule has 178 valence electrons. The molecule has 0 amide bonds. The number of allylic oxidation sites excluding steroid dienone is 2. The van der Waals surface area contributed by atoms with E-state index in [1.165, 1.54) is 59.2 Å². The molecule has 3 aliphatic rings. The van der Waals surface area contributed by atoms with Gasteiger partial charge in [0, 0.05) is 19.1 Å². The van der Waals surface area contributed by atoms with E-state index in [1.54, 1.807) is 0 Å². The molecule has 1 fully saturated rings. The Morgan fingerprint density at radius 3 is 2.12 bits per heavy atom. The van der Waals surface area contributed by atoms with Crippen molar-refractivity contribution in [1.29, 1.82) is 0 Å². The maximum absolute atomic E-state index is 12.9. The summed E-state index contributed by atoms with van der Waals surface area (Å²) in [4.78, 5) is 0. The van der Waals surface area contributed by atoms with Gasteiger partial charge < -0.3 is 9.03 Å². The van der Waals surface area contributed by atoms with Crippen LogP contribution < -0.4 is 10.4 Å². The van der Waals surface area contributed by atoms with Crippen molar-refractivity contribution in [2.24, 2.45) is 0 Å². The fraction of sp³-hybridized carbons (Fsp3) is 0.500. The zero-order chi connectivity index (χ0) is 24.2. The van der Waals surface area contributed by atoms with Crippen molar-refractivity contribution in [2.75, 3.05) is 7.05 Å². The summed E-state index contributed by atoms with van der Waals surface area (Å²) in [7, 11) is -1.85. The summed E-state index contributed by atoms with van der Waals surface area (Å²) in [5.41, 5.74) is 10.6. The Morgan fingerprint density at radius 2 is 1.53 bits per heavy atom. The molecule has 0 unspecified atom stereocenters. The molecule has 0 aromatic heterocycles. The fourth-order valence-corrected chi connectivity index (χ4v) is 8.93. The van der Waals surface area contributed by atoms with Gasteiger partial charge in [-0.1, -0.05) is 88.9 Å². The van der Waals surface area contributed by atoms with Gasteiger partial charge in [-0.2, -0.15) is 0 Å². The van der Waals surface area contributed by atoms with Crippen LogP contribution in [0.25, 0.3) is 23.8 Å². The molecule has 0 saturated heterocycles. The predicted molar refractivity (Wildman–Crippen MR) is 152 cm³/mol. The summed E-state index contributed by atoms with van der Waals surface area (Å²) in [5.74, 6) is 0. The van der Waals surface area contributed by atoms with Gasteiger partial charge in [-0.3, -0.25) is 0 Å². The van der Waals surface area contributed by atoms with E-state index in [0.29, 0.717) is 12.1 Å². The second kappa shape index (κ2) is 12.3. The maximum atomic E-state index is 12.9. The third-order valence-corrected chi connectivity index (χ3v) is 10.1. The quantitative estimate of drug-likeness (QED) is 0.367. The van der Waals surface area contributed by atoms with Crippen molar-refractivity contribution < 1.29 is 26.2 Å². The Morgan fingerprint density at radius 1 is 0.912 bits per heavy atom. The summed E-state index contributed by atoms with van der Waals surface area (Å²) in [6.07, 6.45) is 17.1. The number of nitrogens with zero attached hydrogens (tertiary/aromatic N) is 1. The van der Waals surface area contributed by atoms with E-state index in [0.717, 1.165) is 0 Å². The van der Waals surface area contributed by atoms with Crippen LogP contribution in [0.2, 0.25) is 45.3 Å². The zero-order valence-electron chi connectivity index (χ0n) is 22.2. The Balaban J connectivity index is 0.000000320. The van der Waals surface area contributed by atoms with Crippen LogP contribution in [0.5, 0.6) is 0 Å². The molecule has 0 heterocycles. The molecular weight excluding hydrogens is 498 g/mol. The van der Waals surface area contributed by atoms with Crippen molar-refractivity contribution in [3.8, 4) is 11.1 Å². The van der Waals surface area contributed by atoms with Crippen LogP contribution in [0.3, 0.4) is 0 Å². The van der Waals surface area contributed by atoms with Crippen molar-refractivity contribution in [2.45, 2.75) is 83.5 Å². The van der Waals surface area contributed by atoms with Crippen molar-refractivity contribution in [3.05, 3.63) is 45.8 Å². The van der Waals surface area contributed by atoms with Gasteiger partial charge in [-0.25, -0.2) is 0 Å². The SMILES string of the molecule is CN(C1CCCCC1)[Si](=O)CC1=c2cc3c(cc2C=C1)=CC=C3.C[Si](C)(C)C#C[Si](C)(C)C.[Ti+2]. The van der Waals surface area contributed by atoms with Gasteiger partial charge in [0.25, 0.3) is 0 Å². The van der Waals surface area contributed by atoms with E-state index in [4.69, 9.17) is 0 Å². The first-order valence-corrected chi connectivity index (χ1v) is 21.0. The van der Waals surface area contributed by atoms with Crippen LogP contribution in [0.4, 0.5) is 0 Å². The van der Waals surface area contributed by atoms with Crippen LogP contribution in [-0.2, 0) is 26.2 Å². The normalized spacial score (nSPS) is 16.3. The van der Waals surface area contributed by atoms with Gasteiger partial charge in [0.2, 0.25) is 0 Å². The smallest absolute Gasteiger partial charge is 0.377 e. The summed E-state index contributed by atoms with van der Waals surface area (Å²) in [6, 6.07) is 5.73. The van der Waals surface area contributed by atoms with E-state index in [9.17, 15) is 4.46 Å². The Kier molecular flexibility index (Phi) is 10.5. The summed E-state index contributed by atoms with van der Waals surface area (Å²) < 4.78 is 15.1. The Hall–Kier alpha value is -1.04. The maximum Gasteiger partial charge on any atom is 2.00 e. The number of fused-ring (bicyclic) bond motifs is 2. The summed E-state index contributed by atoms with van der Waals surface area (Å²) >= 11 is 0. The van der Waals surface area contributed by atoms with Gasteiger partial charge >= 0.3 is 30.6 Å². The molecule has 2 nitrogen and oxygen atoms in total. The number of hydrogen-bond acceptors (Lipinski definition) is 1. The molecular formula is C28H41NOSi3Ti+2. The van der Waals surface area contributed by atoms with Crippen molar-refractivity contribution >= 4 is 48.8 Å². The topological polar surface area (TPSA) is 20.3 Å². The van der Waals surface area contributed by atoms with E-state index >= 15 is 0 Å². The minimum Gasteiger partial charge on any atom is -0.377 e. The second-order valence-corrected chi connectivity index (χ2v) is 23.0. The van der Waals surface area contributed by atoms with E-state index in [1.807, 2.05) is 0 Å². The van der Waals surface area contributed by atoms with Gasteiger partial charge in [-0.05, 0) is 52.1 Å². The van der Waals surface area contributed by atoms with E-state index in [2.05, 4.69) is 104 Å². The molecule has 3 aliphatic carbocycles. The Labute approximate surface area is 226 Å². The first-order chi connectivity index (χ1) is 15.4. The predicted octanol–water partition coefficient (Wildman–Crippen LogP) is 5.60. The summed E-state index contributed by atoms with van der Waals surface area (Å²) in [5, 5.41) is 2.57. The van der Waals surface area contributed by atoms with Crippen LogP contribution >= 0.6 is 0 Å². The Bertz CT molecular complexity index is 1120. The molecule has 0 spiro atoms. The van der Waals surface area contributed by atoms with Gasteiger partial charge in [0.15, 0.2) is 0 Å². The third-order valence-electron chi connectivity index (χ3n) is 6.29. The van der Waals surface area contributed by atoms with Crippen LogP contribution in [0.1, 0.15) is 43.2 Å². The average Bonchev–Trinajstić information content (AvgIpc) is 3.37. The molecule has 1 aromatic rings. The molecule has 0 radical (unpaired) electrons. The fourth-order valence-electron chi connectivity index (χ4n) is 4.38. The van der Waals surface area contributed by atoms with Gasteiger partial charge in [0.1, 0.15) is 16.1 Å². The standard InChI is InChI=1S/C20H23NOSi.C8H18Si2.Ti/c1-21(19-8-3-2-4-9-19)23(22)14-18-11-10-17-12-15-6-5-7-16(15)13-20(17)18;1-9(2,3)7-8-10(4,5)6;/h5-7,10-13,19H,2-4,8-9,14H2,1H3;1-6H3;/q;;+2. The van der Waals surface area contributed by atoms with Gasteiger partial charge in [-0.15, -0.1) is 11.1 Å². The molecule has 0 atom stereocenters. The molecule has 0 bridgehead atoms. The number of hydrogen-bond donors (Lipinski definition) is 0. The van der Waals surface area contributed by atoms with Crippen molar-refractivity contribution in [3.63, 3.8) is 0 Å². The molecule has 0 aliphatic heterocycles. The van der Waals surface area contributed by atoms with Gasteiger partial charge in [0.05, 0.1) is 0 Å². The number of benzene rings is 1. The monoisotopic (exact) mass is 539 g/mol. The molecule has 1 aromatic carbocycles. The van der Waals surface area contributed by atoms with Crippen LogP contribution in [-0.4, -0.2) is 42.6 Å². The summed E-state index contributed by atoms with van der Waals surface area (Å²) in [6.45, 7) is 13.8. The van der Waals surface area contributed by atoms with Crippen LogP contribution in [0.15, 0.2) is 24.3 Å². The minimum atomic E-state index is -1.74. The third kappa shape index (κ3) is 8.57. The van der Waals surface area contributed by atoms with Crippen LogP contribution in [0, 0.1) is 11.1 Å². The molecule has 6 heteroatoms. The zero-order valence-corrected chi connectivity index (χ0v) is 26.8. The average molecular weight is 540 g/mol. The van der Waals surface area contributed by atoms with E-state index < -0.39 is 25.0 Å². The first kappa shape index (κ1) is 29.2. The minimum absolute atomic E-state index is 0. The number of rotatable bonds is 4. The molecule has 4 rings (SSSR count). The molecule has 34 heavy (non-hydrogen) atoms. The second-order valence-electron chi connectivity index (χ2n) is 11.7. The van der Waals surface area contributed by atoms with Crippen molar-refractivity contribution in [1.82, 2.24) is 4.57 Å². The first-order valence-electron chi connectivity index (χ1n) is 12.5.